The molecule has 0 N–H and O–H groups in total. The molecule has 0 aliphatic heterocycles. The Kier molecular flexibility index (Phi) is 11.2. The van der Waals surface area contributed by atoms with Crippen molar-refractivity contribution in [3.05, 3.63) is 85.0 Å². The number of carbonyl (C=O) groups excluding carboxylic acids is 2. The minimum atomic E-state index is -0.751. The maximum absolute atomic E-state index is 11.3. The predicted octanol–water partition coefficient (Wildman–Crippen LogP) is 5.45. The summed E-state index contributed by atoms with van der Waals surface area (Å²) in [5, 5.41) is 0. The van der Waals surface area contributed by atoms with Crippen molar-refractivity contribution in [2.45, 2.75) is 19.3 Å². The van der Waals surface area contributed by atoms with Gasteiger partial charge >= 0.3 is 12.3 Å². The Labute approximate surface area is 206 Å². The van der Waals surface area contributed by atoms with Gasteiger partial charge in [-0.3, -0.25) is 0 Å². The quantitative estimate of drug-likeness (QED) is 0.199. The Bertz CT molecular complexity index is 871. The fourth-order valence-electron chi connectivity index (χ4n) is 3.01. The molecule has 8 heteroatoms. The smallest absolute Gasteiger partial charge is 0.490 e. The van der Waals surface area contributed by atoms with Crippen LogP contribution in [0.4, 0.5) is 9.59 Å². The summed E-state index contributed by atoms with van der Waals surface area (Å²) >= 11 is 0. The van der Waals surface area contributed by atoms with Crippen molar-refractivity contribution in [3.63, 3.8) is 0 Å². The van der Waals surface area contributed by atoms with Crippen molar-refractivity contribution in [1.29, 1.82) is 0 Å². The van der Waals surface area contributed by atoms with Crippen LogP contribution in [0.2, 0.25) is 0 Å². The maximum Gasteiger partial charge on any atom is 0.508 e. The van der Waals surface area contributed by atoms with E-state index in [0.29, 0.717) is 11.5 Å². The molecule has 0 saturated carbocycles. The molecule has 0 bridgehead atoms. The lowest BCUT2D eigenvalue weighted by molar-refractivity contribution is 0.0525. The Morgan fingerprint density at radius 2 is 1.03 bits per heavy atom. The van der Waals surface area contributed by atoms with Crippen LogP contribution in [0.25, 0.3) is 0 Å². The third kappa shape index (κ3) is 9.44. The summed E-state index contributed by atoms with van der Waals surface area (Å²) in [5.74, 6) is 1.35. The molecular formula is C27H32O8. The molecule has 0 aliphatic rings. The van der Waals surface area contributed by atoms with Crippen LogP contribution in [0.15, 0.2) is 73.8 Å². The molecule has 0 aliphatic carbocycles. The molecule has 0 fully saturated rings. The first kappa shape index (κ1) is 27.3. The lowest BCUT2D eigenvalue weighted by atomic mass is 9.78. The van der Waals surface area contributed by atoms with E-state index < -0.39 is 12.3 Å². The van der Waals surface area contributed by atoms with Gasteiger partial charge in [0.2, 0.25) is 0 Å². The van der Waals surface area contributed by atoms with E-state index >= 15 is 0 Å². The third-order valence-corrected chi connectivity index (χ3v) is 4.93. The van der Waals surface area contributed by atoms with E-state index in [1.54, 1.807) is 0 Å². The van der Waals surface area contributed by atoms with Gasteiger partial charge in [-0.2, -0.15) is 0 Å². The van der Waals surface area contributed by atoms with Gasteiger partial charge in [0.25, 0.3) is 0 Å². The minimum absolute atomic E-state index is 0.0865. The standard InChI is InChI=1S/C27H32O8/c1-5-15-32-25(28)34-19-17-30-23-11-7-21(8-12-23)27(3,4)22-9-13-24(14-10-22)31-18-20-35-26(29)33-16-6-2/h5-14H,1-2,15-20H2,3-4H3. The van der Waals surface area contributed by atoms with Crippen LogP contribution in [-0.2, 0) is 24.4 Å². The third-order valence-electron chi connectivity index (χ3n) is 4.93. The van der Waals surface area contributed by atoms with Crippen LogP contribution >= 0.6 is 0 Å². The van der Waals surface area contributed by atoms with Crippen LogP contribution in [0.3, 0.4) is 0 Å². The highest BCUT2D eigenvalue weighted by molar-refractivity contribution is 5.60. The summed E-state index contributed by atoms with van der Waals surface area (Å²) in [4.78, 5) is 22.5. The van der Waals surface area contributed by atoms with Gasteiger partial charge in [0.05, 0.1) is 0 Å². The number of rotatable bonds is 14. The molecule has 2 aromatic carbocycles. The topological polar surface area (TPSA) is 89.5 Å². The number of ether oxygens (including phenoxy) is 6. The Morgan fingerprint density at radius 1 is 0.657 bits per heavy atom. The molecule has 0 amide bonds. The van der Waals surface area contributed by atoms with Gasteiger partial charge in [-0.1, -0.05) is 63.4 Å². The first-order chi connectivity index (χ1) is 16.9. The summed E-state index contributed by atoms with van der Waals surface area (Å²) in [6.45, 7) is 12.0. The van der Waals surface area contributed by atoms with Crippen LogP contribution < -0.4 is 9.47 Å². The number of benzene rings is 2. The summed E-state index contributed by atoms with van der Waals surface area (Å²) in [5.41, 5.74) is 1.95. The van der Waals surface area contributed by atoms with Gasteiger partial charge in [0.15, 0.2) is 0 Å². The highest BCUT2D eigenvalue weighted by Gasteiger charge is 2.23. The van der Waals surface area contributed by atoms with Gasteiger partial charge in [-0.05, 0) is 35.4 Å². The lowest BCUT2D eigenvalue weighted by Gasteiger charge is -2.26. The zero-order valence-corrected chi connectivity index (χ0v) is 20.2. The van der Waals surface area contributed by atoms with E-state index in [2.05, 4.69) is 27.0 Å². The maximum atomic E-state index is 11.3. The second-order valence-electron chi connectivity index (χ2n) is 7.77. The van der Waals surface area contributed by atoms with Crippen molar-refractivity contribution in [2.75, 3.05) is 39.6 Å². The Hall–Kier alpha value is -3.94. The van der Waals surface area contributed by atoms with Gasteiger partial charge in [-0.25, -0.2) is 9.59 Å². The van der Waals surface area contributed by atoms with E-state index in [1.807, 2.05) is 48.5 Å². The van der Waals surface area contributed by atoms with E-state index in [4.69, 9.17) is 28.4 Å². The SMILES string of the molecule is C=CCOC(=O)OCCOc1ccc(C(C)(C)c2ccc(OCCOC(=O)OCC=C)cc2)cc1. The zero-order valence-electron chi connectivity index (χ0n) is 20.2. The molecule has 2 rings (SSSR count). The molecule has 0 aromatic heterocycles. The minimum Gasteiger partial charge on any atom is -0.490 e. The van der Waals surface area contributed by atoms with Crippen molar-refractivity contribution < 1.29 is 38.0 Å². The molecule has 2 aromatic rings. The molecule has 8 nitrogen and oxygen atoms in total. The molecule has 0 atom stereocenters. The van der Waals surface area contributed by atoms with Gasteiger partial charge in [0, 0.05) is 5.41 Å². The van der Waals surface area contributed by atoms with E-state index in [0.717, 1.165) is 11.1 Å². The predicted molar refractivity (Wildman–Crippen MR) is 131 cm³/mol. The van der Waals surface area contributed by atoms with E-state index in [9.17, 15) is 9.59 Å². The average molecular weight is 485 g/mol. The molecule has 35 heavy (non-hydrogen) atoms. The fraction of sp³-hybridized carbons (Fsp3) is 0.333. The zero-order chi connectivity index (χ0) is 25.5. The van der Waals surface area contributed by atoms with Crippen LogP contribution in [-0.4, -0.2) is 52.0 Å². The second-order valence-corrected chi connectivity index (χ2v) is 7.77. The van der Waals surface area contributed by atoms with E-state index in [1.165, 1.54) is 12.2 Å². The highest BCUT2D eigenvalue weighted by Crippen LogP contribution is 2.33. The Morgan fingerprint density at radius 3 is 1.37 bits per heavy atom. The number of hydrogen-bond donors (Lipinski definition) is 0. The van der Waals surface area contributed by atoms with Crippen molar-refractivity contribution in [1.82, 2.24) is 0 Å². The van der Waals surface area contributed by atoms with Gasteiger partial charge in [-0.15, -0.1) is 0 Å². The molecular weight excluding hydrogens is 452 g/mol. The lowest BCUT2D eigenvalue weighted by Crippen LogP contribution is -2.19. The van der Waals surface area contributed by atoms with Crippen LogP contribution in [0.5, 0.6) is 11.5 Å². The van der Waals surface area contributed by atoms with Crippen molar-refractivity contribution in [3.8, 4) is 11.5 Å². The summed E-state index contributed by atoms with van der Waals surface area (Å²) in [6.07, 6.45) is 1.43. The van der Waals surface area contributed by atoms with Crippen LogP contribution in [0, 0.1) is 0 Å². The highest BCUT2D eigenvalue weighted by atomic mass is 16.7. The first-order valence-corrected chi connectivity index (χ1v) is 11.1. The average Bonchev–Trinajstić information content (AvgIpc) is 2.87. The second kappa shape index (κ2) is 14.3. The normalized spacial score (nSPS) is 10.6. The molecule has 0 unspecified atom stereocenters. The number of carbonyl (C=O) groups is 2. The van der Waals surface area contributed by atoms with E-state index in [-0.39, 0.29) is 45.1 Å². The summed E-state index contributed by atoms with van der Waals surface area (Å²) < 4.78 is 30.5. The molecule has 188 valence electrons. The Balaban J connectivity index is 1.81. The summed E-state index contributed by atoms with van der Waals surface area (Å²) in [6, 6.07) is 15.5. The first-order valence-electron chi connectivity index (χ1n) is 11.1. The molecule has 0 spiro atoms. The monoisotopic (exact) mass is 484 g/mol. The van der Waals surface area contributed by atoms with Crippen LogP contribution in [0.1, 0.15) is 25.0 Å². The molecule has 0 heterocycles. The van der Waals surface area contributed by atoms with Crippen molar-refractivity contribution >= 4 is 12.3 Å². The number of hydrogen-bond acceptors (Lipinski definition) is 8. The fourth-order valence-corrected chi connectivity index (χ4v) is 3.01. The molecule has 0 saturated heterocycles. The largest absolute Gasteiger partial charge is 0.508 e. The summed E-state index contributed by atoms with van der Waals surface area (Å²) in [7, 11) is 0. The van der Waals surface area contributed by atoms with Gasteiger partial charge < -0.3 is 28.4 Å². The molecule has 0 radical (unpaired) electrons. The van der Waals surface area contributed by atoms with Gasteiger partial charge in [0.1, 0.15) is 51.1 Å². The van der Waals surface area contributed by atoms with Crippen molar-refractivity contribution in [2.24, 2.45) is 0 Å².